The zero-order valence-electron chi connectivity index (χ0n) is 20.5. The summed E-state index contributed by atoms with van der Waals surface area (Å²) in [4.78, 5) is 17.3. The summed E-state index contributed by atoms with van der Waals surface area (Å²) in [7, 11) is 0. The van der Waals surface area contributed by atoms with E-state index < -0.39 is 0 Å². The maximum atomic E-state index is 12.3. The highest BCUT2D eigenvalue weighted by Crippen LogP contribution is 2.30. The quantitative estimate of drug-likeness (QED) is 0.470. The molecule has 7 heteroatoms. The van der Waals surface area contributed by atoms with Crippen molar-refractivity contribution >= 4 is 33.5 Å². The Kier molecular flexibility index (Phi) is 8.16. The number of amides is 2. The molecule has 0 spiro atoms. The molecule has 0 radical (unpaired) electrons. The molecule has 0 atom stereocenters. The Hall–Kier alpha value is -2.64. The van der Waals surface area contributed by atoms with Gasteiger partial charge in [-0.15, -0.1) is 0 Å². The molecule has 0 unspecified atom stereocenters. The van der Waals surface area contributed by atoms with E-state index in [0.29, 0.717) is 12.6 Å². The van der Waals surface area contributed by atoms with Crippen LogP contribution in [0.4, 0.5) is 10.6 Å². The molecule has 2 fully saturated rings. The van der Waals surface area contributed by atoms with E-state index in [4.69, 9.17) is 4.37 Å². The third-order valence-electron chi connectivity index (χ3n) is 7.61. The minimum absolute atomic E-state index is 0.0184. The van der Waals surface area contributed by atoms with Crippen molar-refractivity contribution in [1.82, 2.24) is 19.9 Å². The zero-order chi connectivity index (χ0) is 23.9. The lowest BCUT2D eigenvalue weighted by Gasteiger charge is -2.36. The lowest BCUT2D eigenvalue weighted by molar-refractivity contribution is 0.205. The Morgan fingerprint density at radius 1 is 0.943 bits per heavy atom. The highest BCUT2D eigenvalue weighted by molar-refractivity contribution is 7.13. The summed E-state index contributed by atoms with van der Waals surface area (Å²) in [5.41, 5.74) is 1.26. The maximum absolute atomic E-state index is 12.3. The zero-order valence-corrected chi connectivity index (χ0v) is 21.3. The van der Waals surface area contributed by atoms with Crippen LogP contribution in [0.2, 0.25) is 0 Å². The van der Waals surface area contributed by atoms with Crippen molar-refractivity contribution in [3.05, 3.63) is 60.2 Å². The molecule has 1 saturated carbocycles. The first-order chi connectivity index (χ1) is 17.2. The predicted molar refractivity (Wildman–Crippen MR) is 145 cm³/mol. The van der Waals surface area contributed by atoms with Crippen molar-refractivity contribution in [1.29, 1.82) is 0 Å². The molecule has 35 heavy (non-hydrogen) atoms. The van der Waals surface area contributed by atoms with E-state index in [0.717, 1.165) is 51.4 Å². The summed E-state index contributed by atoms with van der Waals surface area (Å²) in [5.74, 6) is 1.95. The van der Waals surface area contributed by atoms with Crippen LogP contribution in [0.3, 0.4) is 0 Å². The van der Waals surface area contributed by atoms with Crippen molar-refractivity contribution in [3.8, 4) is 0 Å². The molecule has 2 aromatic carbocycles. The number of fused-ring (bicyclic) bond motifs is 1. The van der Waals surface area contributed by atoms with Gasteiger partial charge in [-0.2, -0.15) is 4.37 Å². The first-order valence-electron chi connectivity index (χ1n) is 13.1. The third-order valence-corrected chi connectivity index (χ3v) is 8.42. The molecule has 0 bridgehead atoms. The average molecular weight is 492 g/mol. The molecule has 3 aromatic rings. The number of hydrogen-bond acceptors (Lipinski definition) is 5. The molecule has 2 N–H and O–H groups in total. The van der Waals surface area contributed by atoms with Crippen LogP contribution in [0.25, 0.3) is 10.1 Å². The molecule has 1 aromatic heterocycles. The minimum Gasteiger partial charge on any atom is -0.353 e. The number of benzene rings is 2. The fourth-order valence-corrected chi connectivity index (χ4v) is 6.24. The standard InChI is InChI=1S/C28H37N5OS/c34-28(29-16-14-22-6-2-1-3-7-22)30-24-12-10-23(11-13-24)15-17-32-18-20-33(21-19-32)27-25-8-4-5-9-26(25)35-31-27/h1-9,23-24H,10-21H2,(H2,29,30,34). The molecule has 186 valence electrons. The van der Waals surface area contributed by atoms with Gasteiger partial charge in [0.1, 0.15) is 5.82 Å². The number of carbonyl (C=O) groups excluding carboxylic acids is 1. The number of carbonyl (C=O) groups is 1. The smallest absolute Gasteiger partial charge is 0.315 e. The van der Waals surface area contributed by atoms with Crippen molar-refractivity contribution in [2.45, 2.75) is 44.6 Å². The van der Waals surface area contributed by atoms with Crippen molar-refractivity contribution in [2.75, 3.05) is 44.2 Å². The van der Waals surface area contributed by atoms with Crippen LogP contribution in [-0.4, -0.2) is 60.6 Å². The summed E-state index contributed by atoms with van der Waals surface area (Å²) in [5, 5.41) is 7.50. The summed E-state index contributed by atoms with van der Waals surface area (Å²) in [6.45, 7) is 6.22. The van der Waals surface area contributed by atoms with E-state index in [1.54, 1.807) is 11.5 Å². The van der Waals surface area contributed by atoms with Gasteiger partial charge in [0.05, 0.1) is 4.70 Å². The van der Waals surface area contributed by atoms with Crippen molar-refractivity contribution in [3.63, 3.8) is 0 Å². The predicted octanol–water partition coefficient (Wildman–Crippen LogP) is 4.91. The summed E-state index contributed by atoms with van der Waals surface area (Å²) in [6, 6.07) is 19.2. The SMILES string of the molecule is O=C(NCCc1ccccc1)NC1CCC(CCN2CCN(c3nsc4ccccc34)CC2)CC1. The molecule has 1 aliphatic carbocycles. The van der Waals surface area contributed by atoms with Crippen LogP contribution < -0.4 is 15.5 Å². The largest absolute Gasteiger partial charge is 0.353 e. The van der Waals surface area contributed by atoms with Crippen molar-refractivity contribution < 1.29 is 4.79 Å². The average Bonchev–Trinajstić information content (AvgIpc) is 3.33. The highest BCUT2D eigenvalue weighted by atomic mass is 32.1. The topological polar surface area (TPSA) is 60.5 Å². The molecular weight excluding hydrogens is 454 g/mol. The number of rotatable bonds is 8. The molecule has 5 rings (SSSR count). The first-order valence-corrected chi connectivity index (χ1v) is 13.9. The van der Waals surface area contributed by atoms with Gasteiger partial charge >= 0.3 is 6.03 Å². The molecule has 6 nitrogen and oxygen atoms in total. The maximum Gasteiger partial charge on any atom is 0.315 e. The van der Waals surface area contributed by atoms with E-state index in [1.165, 1.54) is 47.3 Å². The van der Waals surface area contributed by atoms with Gasteiger partial charge in [0.2, 0.25) is 0 Å². The van der Waals surface area contributed by atoms with Gasteiger partial charge in [-0.05, 0) is 80.2 Å². The van der Waals surface area contributed by atoms with Crippen LogP contribution >= 0.6 is 11.5 Å². The number of hydrogen-bond donors (Lipinski definition) is 2. The normalized spacial score (nSPS) is 21.2. The number of piperazine rings is 1. The lowest BCUT2D eigenvalue weighted by Crippen LogP contribution is -2.47. The van der Waals surface area contributed by atoms with Crippen LogP contribution in [-0.2, 0) is 6.42 Å². The molecule has 1 aliphatic heterocycles. The van der Waals surface area contributed by atoms with Crippen LogP contribution in [0.15, 0.2) is 54.6 Å². The van der Waals surface area contributed by atoms with Gasteiger partial charge in [-0.3, -0.25) is 4.90 Å². The van der Waals surface area contributed by atoms with Gasteiger partial charge in [0.15, 0.2) is 0 Å². The van der Waals surface area contributed by atoms with Crippen molar-refractivity contribution in [2.24, 2.45) is 5.92 Å². The molecular formula is C28H37N5OS. The Morgan fingerprint density at radius 3 is 2.49 bits per heavy atom. The van der Waals surface area contributed by atoms with E-state index in [2.05, 4.69) is 56.8 Å². The Morgan fingerprint density at radius 2 is 1.69 bits per heavy atom. The highest BCUT2D eigenvalue weighted by Gasteiger charge is 2.25. The molecule has 2 heterocycles. The van der Waals surface area contributed by atoms with Gasteiger partial charge in [0, 0.05) is 44.2 Å². The van der Waals surface area contributed by atoms with E-state index in [1.807, 2.05) is 18.2 Å². The number of urea groups is 1. The van der Waals surface area contributed by atoms with Gasteiger partial charge in [0.25, 0.3) is 0 Å². The Labute approximate surface area is 212 Å². The summed E-state index contributed by atoms with van der Waals surface area (Å²) < 4.78 is 6.01. The van der Waals surface area contributed by atoms with Gasteiger partial charge in [-0.1, -0.05) is 42.5 Å². The second-order valence-corrected chi connectivity index (χ2v) is 10.8. The fourth-order valence-electron chi connectivity index (χ4n) is 5.45. The van der Waals surface area contributed by atoms with Crippen LogP contribution in [0.5, 0.6) is 0 Å². The second kappa shape index (κ2) is 11.9. The third kappa shape index (κ3) is 6.53. The van der Waals surface area contributed by atoms with Gasteiger partial charge in [-0.25, -0.2) is 4.79 Å². The van der Waals surface area contributed by atoms with E-state index >= 15 is 0 Å². The Bertz CT molecular complexity index is 1070. The number of nitrogens with one attached hydrogen (secondary N) is 2. The molecule has 1 saturated heterocycles. The number of anilines is 1. The van der Waals surface area contributed by atoms with Crippen LogP contribution in [0, 0.1) is 5.92 Å². The second-order valence-electron chi connectivity index (χ2n) is 9.97. The summed E-state index contributed by atoms with van der Waals surface area (Å²) >= 11 is 1.61. The fraction of sp³-hybridized carbons (Fsp3) is 0.500. The number of aromatic nitrogens is 1. The van der Waals surface area contributed by atoms with E-state index in [9.17, 15) is 4.79 Å². The molecule has 2 aliphatic rings. The minimum atomic E-state index is -0.0184. The van der Waals surface area contributed by atoms with Gasteiger partial charge < -0.3 is 15.5 Å². The van der Waals surface area contributed by atoms with E-state index in [-0.39, 0.29) is 6.03 Å². The van der Waals surface area contributed by atoms with Crippen LogP contribution in [0.1, 0.15) is 37.7 Å². The summed E-state index contributed by atoms with van der Waals surface area (Å²) in [6.07, 6.45) is 6.79. The monoisotopic (exact) mass is 491 g/mol. The lowest BCUT2D eigenvalue weighted by atomic mass is 9.84. The molecule has 2 amide bonds. The first kappa shape index (κ1) is 24.1. The Balaban J connectivity index is 0.960. The number of nitrogens with zero attached hydrogens (tertiary/aromatic N) is 3.